The van der Waals surface area contributed by atoms with Gasteiger partial charge < -0.3 is 20.4 Å². The number of halogens is 24. The smallest absolute Gasteiger partial charge is 0.369 e. The van der Waals surface area contributed by atoms with Crippen molar-refractivity contribution in [2.45, 2.75) is 91.1 Å². The zero-order valence-electron chi connectivity index (χ0n) is 25.8. The third kappa shape index (κ3) is 7.23. The van der Waals surface area contributed by atoms with Gasteiger partial charge in [0.05, 0.1) is 0 Å². The Morgan fingerprint density at radius 1 is 0.255 bits per heavy atom. The molecule has 316 valence electrons. The maximum absolute atomic E-state index is 13.8. The van der Waals surface area contributed by atoms with Crippen LogP contribution in [0.2, 0.25) is 0 Å². The van der Waals surface area contributed by atoms with Crippen molar-refractivity contribution in [3.63, 3.8) is 0 Å². The van der Waals surface area contributed by atoms with E-state index in [1.165, 1.54) is 0 Å². The van der Waals surface area contributed by atoms with Crippen molar-refractivity contribution in [3.8, 4) is 0 Å². The number of aliphatic hydroxyl groups is 4. The van der Waals surface area contributed by atoms with Gasteiger partial charge in [-0.15, -0.1) is 0 Å². The van der Waals surface area contributed by atoms with Crippen LogP contribution in [-0.4, -0.2) is 69.8 Å². The molecule has 0 aromatic heterocycles. The minimum Gasteiger partial charge on any atom is -0.369 e. The summed E-state index contributed by atoms with van der Waals surface area (Å²) in [4.78, 5) is 0. The molecule has 2 rings (SSSR count). The molecule has 0 unspecified atom stereocenters. The Bertz CT molecular complexity index is 1440. The van der Waals surface area contributed by atoms with Crippen LogP contribution in [0.1, 0.15) is 47.2 Å². The summed E-state index contributed by atoms with van der Waals surface area (Å²) in [6.45, 7) is -0.112. The fraction of sp³-hybridized carbons (Fsp3) is 0.556. The summed E-state index contributed by atoms with van der Waals surface area (Å²) in [5.74, 6) is 0. The van der Waals surface area contributed by atoms with E-state index in [0.717, 1.165) is 0 Å². The molecule has 28 heteroatoms. The first kappa shape index (κ1) is 47.8. The van der Waals surface area contributed by atoms with Gasteiger partial charge in [0, 0.05) is 27.7 Å². The van der Waals surface area contributed by atoms with Crippen molar-refractivity contribution >= 4 is 0 Å². The lowest BCUT2D eigenvalue weighted by molar-refractivity contribution is -0.379. The van der Waals surface area contributed by atoms with Gasteiger partial charge in [0.1, 0.15) is 0 Å². The quantitative estimate of drug-likeness (QED) is 0.219. The summed E-state index contributed by atoms with van der Waals surface area (Å²) < 4.78 is 331. The summed E-state index contributed by atoms with van der Waals surface area (Å²) in [6, 6.07) is -6.48. The highest BCUT2D eigenvalue weighted by Crippen LogP contribution is 2.57. The molecule has 0 radical (unpaired) electrons. The highest BCUT2D eigenvalue weighted by Gasteiger charge is 2.76. The van der Waals surface area contributed by atoms with Crippen LogP contribution < -0.4 is 0 Å². The Labute approximate surface area is 287 Å². The van der Waals surface area contributed by atoms with E-state index in [2.05, 4.69) is 0 Å². The van der Waals surface area contributed by atoms with E-state index in [4.69, 9.17) is 0 Å². The second kappa shape index (κ2) is 12.8. The monoisotopic (exact) mass is 860 g/mol. The van der Waals surface area contributed by atoms with Gasteiger partial charge in [-0.2, -0.15) is 105 Å². The van der Waals surface area contributed by atoms with E-state index in [1.54, 1.807) is 0 Å². The summed E-state index contributed by atoms with van der Waals surface area (Å²) in [5.41, 5.74) is -47.3. The third-order valence-corrected chi connectivity index (χ3v) is 8.26. The molecule has 0 saturated heterocycles. The maximum atomic E-state index is 13.8. The first-order valence-corrected chi connectivity index (χ1v) is 13.4. The molecule has 2 aromatic carbocycles. The highest BCUT2D eigenvalue weighted by molar-refractivity contribution is 5.50. The van der Waals surface area contributed by atoms with Crippen LogP contribution in [0.15, 0.2) is 36.4 Å². The molecule has 0 bridgehead atoms. The molecule has 0 fully saturated rings. The molecule has 0 atom stereocenters. The van der Waals surface area contributed by atoms with Gasteiger partial charge in [-0.05, 0) is 23.3 Å². The van der Waals surface area contributed by atoms with E-state index in [-0.39, 0.29) is 13.8 Å². The lowest BCUT2D eigenvalue weighted by Gasteiger charge is -2.39. The fourth-order valence-corrected chi connectivity index (χ4v) is 4.93. The summed E-state index contributed by atoms with van der Waals surface area (Å²) in [7, 11) is 0. The molecular formula is C27H16F24O4. The number of hydrogen-bond donors (Lipinski definition) is 4. The predicted octanol–water partition coefficient (Wildman–Crippen LogP) is 9.26. The Morgan fingerprint density at radius 3 is 0.473 bits per heavy atom. The van der Waals surface area contributed by atoms with Crippen molar-refractivity contribution in [2.24, 2.45) is 0 Å². The standard InChI is InChI=1S/C27H16F24O4/c1-15(2,9-3-11(16(52,20(28,29)30)21(31,32)33)7-12(4-9)17(53,22(34,35)36)23(37,38)39)10-5-13(18(54,24(40,41)42)25(43,44)45)8-14(6-10)19(55,26(46,47)48)27(49,50)51/h3-8,52-55H,1-2H3. The van der Waals surface area contributed by atoms with Crippen molar-refractivity contribution in [1.82, 2.24) is 0 Å². The summed E-state index contributed by atoms with van der Waals surface area (Å²) >= 11 is 0. The topological polar surface area (TPSA) is 80.9 Å². The Hall–Kier alpha value is -3.40. The van der Waals surface area contributed by atoms with E-state index in [1.807, 2.05) is 0 Å². The molecule has 0 aliphatic heterocycles. The zero-order valence-corrected chi connectivity index (χ0v) is 25.8. The SMILES string of the molecule is CC(C)(c1cc(C(O)(C(F)(F)F)C(F)(F)F)cc(C(O)(C(F)(F)F)C(F)(F)F)c1)c1cc(C(O)(C(F)(F)F)C(F)(F)F)cc(C(O)(C(F)(F)F)C(F)(F)F)c1. The lowest BCUT2D eigenvalue weighted by atomic mass is 9.72. The normalized spacial score (nSPS) is 15.8. The molecule has 0 heterocycles. The Kier molecular flexibility index (Phi) is 11.1. The van der Waals surface area contributed by atoms with Gasteiger partial charge in [-0.1, -0.05) is 38.1 Å². The van der Waals surface area contributed by atoms with Crippen LogP contribution in [0.25, 0.3) is 0 Å². The average molecular weight is 860 g/mol. The molecule has 0 spiro atoms. The Morgan fingerprint density at radius 2 is 0.364 bits per heavy atom. The number of alkyl halides is 24. The molecule has 2 aromatic rings. The van der Waals surface area contributed by atoms with Gasteiger partial charge in [-0.3, -0.25) is 0 Å². The van der Waals surface area contributed by atoms with Crippen LogP contribution in [0, 0.1) is 0 Å². The van der Waals surface area contributed by atoms with Crippen molar-refractivity contribution in [3.05, 3.63) is 69.8 Å². The first-order valence-electron chi connectivity index (χ1n) is 13.4. The highest BCUT2D eigenvalue weighted by atomic mass is 19.4. The van der Waals surface area contributed by atoms with Crippen molar-refractivity contribution in [2.75, 3.05) is 0 Å². The van der Waals surface area contributed by atoms with E-state index in [0.29, 0.717) is 0 Å². The number of hydrogen-bond acceptors (Lipinski definition) is 4. The van der Waals surface area contributed by atoms with E-state index >= 15 is 0 Å². The molecular weight excluding hydrogens is 844 g/mol. The molecule has 0 saturated carbocycles. The average Bonchev–Trinajstić information content (AvgIpc) is 2.94. The minimum absolute atomic E-state index is 0.0558. The van der Waals surface area contributed by atoms with Gasteiger partial charge in [-0.25, -0.2) is 0 Å². The molecule has 4 N–H and O–H groups in total. The van der Waals surface area contributed by atoms with Gasteiger partial charge in [0.15, 0.2) is 0 Å². The molecule has 0 aliphatic rings. The lowest BCUT2D eigenvalue weighted by Crippen LogP contribution is -2.56. The van der Waals surface area contributed by atoms with E-state index in [9.17, 15) is 126 Å². The van der Waals surface area contributed by atoms with Gasteiger partial charge in [0.25, 0.3) is 22.4 Å². The van der Waals surface area contributed by atoms with E-state index < -0.39 is 147 Å². The number of benzene rings is 2. The largest absolute Gasteiger partial charge is 0.430 e. The second-order valence-corrected chi connectivity index (χ2v) is 12.0. The van der Waals surface area contributed by atoms with Crippen LogP contribution in [-0.2, 0) is 27.8 Å². The summed E-state index contributed by atoms with van der Waals surface area (Å²) in [5, 5.41) is 39.2. The van der Waals surface area contributed by atoms with Crippen LogP contribution >= 0.6 is 0 Å². The first-order chi connectivity index (χ1) is 23.6. The van der Waals surface area contributed by atoms with Gasteiger partial charge in [0.2, 0.25) is 0 Å². The van der Waals surface area contributed by atoms with Crippen LogP contribution in [0.3, 0.4) is 0 Å². The maximum Gasteiger partial charge on any atom is 0.430 e. The van der Waals surface area contributed by atoms with Crippen molar-refractivity contribution < 1.29 is 126 Å². The Balaban J connectivity index is 3.51. The molecule has 0 aliphatic carbocycles. The zero-order chi connectivity index (χ0) is 44.2. The molecule has 4 nitrogen and oxygen atoms in total. The van der Waals surface area contributed by atoms with Crippen molar-refractivity contribution in [1.29, 1.82) is 0 Å². The molecule has 55 heavy (non-hydrogen) atoms. The predicted molar refractivity (Wildman–Crippen MR) is 129 cm³/mol. The van der Waals surface area contributed by atoms with Crippen LogP contribution in [0.4, 0.5) is 105 Å². The van der Waals surface area contributed by atoms with Gasteiger partial charge >= 0.3 is 49.4 Å². The molecule has 0 amide bonds. The number of rotatable bonds is 6. The minimum atomic E-state index is -7.25. The van der Waals surface area contributed by atoms with Crippen LogP contribution in [0.5, 0.6) is 0 Å². The third-order valence-electron chi connectivity index (χ3n) is 8.26. The fourth-order valence-electron chi connectivity index (χ4n) is 4.93. The second-order valence-electron chi connectivity index (χ2n) is 12.0. The summed E-state index contributed by atoms with van der Waals surface area (Å²) in [6.07, 6.45) is -58.0.